The van der Waals surface area contributed by atoms with Gasteiger partial charge in [-0.15, -0.1) is 0 Å². The predicted molar refractivity (Wildman–Crippen MR) is 76.3 cm³/mol. The second-order valence-corrected chi connectivity index (χ2v) is 5.11. The van der Waals surface area contributed by atoms with E-state index in [1.54, 1.807) is 6.08 Å². The van der Waals surface area contributed by atoms with Gasteiger partial charge in [0.2, 0.25) is 5.75 Å². The van der Waals surface area contributed by atoms with Gasteiger partial charge in [-0.1, -0.05) is 23.9 Å². The molecule has 0 aliphatic rings. The molecule has 6 nitrogen and oxygen atoms in total. The van der Waals surface area contributed by atoms with E-state index >= 15 is 0 Å². The second kappa shape index (κ2) is 7.31. The van der Waals surface area contributed by atoms with Crippen LogP contribution in [0.4, 0.5) is 5.69 Å². The first-order valence-electron chi connectivity index (χ1n) is 5.67. The summed E-state index contributed by atoms with van der Waals surface area (Å²) >= 11 is 1.17. The van der Waals surface area contributed by atoms with E-state index < -0.39 is 16.4 Å². The standard InChI is InChI=1S/C13H12N2O4S/c1-9(16)20-5-3-2-4-11-6-10(8-14)7-12(13(11)17)15(18)19/h2,4,6-7,17H,3,5H2,1H3. The number of benzene rings is 1. The number of nitrogens with zero attached hydrogens (tertiary/aromatic N) is 2. The van der Waals surface area contributed by atoms with Gasteiger partial charge in [0, 0.05) is 24.3 Å². The number of aromatic hydroxyl groups is 1. The summed E-state index contributed by atoms with van der Waals surface area (Å²) in [7, 11) is 0. The molecule has 0 radical (unpaired) electrons. The van der Waals surface area contributed by atoms with Crippen LogP contribution >= 0.6 is 11.8 Å². The Morgan fingerprint density at radius 2 is 2.30 bits per heavy atom. The average molecular weight is 292 g/mol. The summed E-state index contributed by atoms with van der Waals surface area (Å²) in [5.74, 6) is 0.122. The Morgan fingerprint density at radius 3 is 2.85 bits per heavy atom. The number of hydrogen-bond acceptors (Lipinski definition) is 6. The molecule has 0 amide bonds. The van der Waals surface area contributed by atoms with Gasteiger partial charge in [0.15, 0.2) is 5.12 Å². The van der Waals surface area contributed by atoms with E-state index in [9.17, 15) is 20.0 Å². The molecule has 0 saturated heterocycles. The third-order valence-electron chi connectivity index (χ3n) is 2.33. The van der Waals surface area contributed by atoms with Crippen LogP contribution < -0.4 is 0 Å². The van der Waals surface area contributed by atoms with E-state index in [-0.39, 0.29) is 16.2 Å². The molecule has 0 unspecified atom stereocenters. The SMILES string of the molecule is CC(=O)SCCC=Cc1cc(C#N)cc([N+](=O)[O-])c1O. The van der Waals surface area contributed by atoms with Gasteiger partial charge < -0.3 is 5.11 Å². The van der Waals surface area contributed by atoms with Crippen molar-refractivity contribution in [2.24, 2.45) is 0 Å². The molecule has 0 aliphatic heterocycles. The maximum Gasteiger partial charge on any atom is 0.312 e. The molecule has 0 aromatic heterocycles. The van der Waals surface area contributed by atoms with Crippen molar-refractivity contribution in [1.82, 2.24) is 0 Å². The second-order valence-electron chi connectivity index (χ2n) is 3.83. The van der Waals surface area contributed by atoms with Crippen LogP contribution in [0.5, 0.6) is 5.75 Å². The van der Waals surface area contributed by atoms with Crippen molar-refractivity contribution in [1.29, 1.82) is 5.26 Å². The van der Waals surface area contributed by atoms with Crippen molar-refractivity contribution in [3.8, 4) is 11.8 Å². The Balaban J connectivity index is 2.92. The maximum absolute atomic E-state index is 10.8. The third-order valence-corrected chi connectivity index (χ3v) is 3.18. The summed E-state index contributed by atoms with van der Waals surface area (Å²) in [6.45, 7) is 1.47. The highest BCUT2D eigenvalue weighted by molar-refractivity contribution is 8.13. The molecule has 1 rings (SSSR count). The van der Waals surface area contributed by atoms with Gasteiger partial charge in [0.05, 0.1) is 16.6 Å². The highest BCUT2D eigenvalue weighted by Gasteiger charge is 2.17. The summed E-state index contributed by atoms with van der Waals surface area (Å²) < 4.78 is 0. The van der Waals surface area contributed by atoms with E-state index in [0.29, 0.717) is 12.2 Å². The van der Waals surface area contributed by atoms with Crippen LogP contribution in [0.25, 0.3) is 6.08 Å². The van der Waals surface area contributed by atoms with Gasteiger partial charge in [0.25, 0.3) is 0 Å². The number of nitro groups is 1. The van der Waals surface area contributed by atoms with Crippen molar-refractivity contribution in [3.63, 3.8) is 0 Å². The summed E-state index contributed by atoms with van der Waals surface area (Å²) in [5, 5.41) is 29.4. The number of nitriles is 1. The molecule has 20 heavy (non-hydrogen) atoms. The molecular weight excluding hydrogens is 280 g/mol. The van der Waals surface area contributed by atoms with Crippen LogP contribution in [0.3, 0.4) is 0 Å². The number of phenolic OH excluding ortho intramolecular Hbond substituents is 1. The van der Waals surface area contributed by atoms with Crippen LogP contribution in [0, 0.1) is 21.4 Å². The van der Waals surface area contributed by atoms with Crippen LogP contribution in [0.2, 0.25) is 0 Å². The summed E-state index contributed by atoms with van der Waals surface area (Å²) in [6.07, 6.45) is 3.77. The first-order chi connectivity index (χ1) is 9.45. The molecule has 104 valence electrons. The van der Waals surface area contributed by atoms with Gasteiger partial charge in [-0.25, -0.2) is 0 Å². The quantitative estimate of drug-likeness (QED) is 0.508. The monoisotopic (exact) mass is 292 g/mol. The van der Waals surface area contributed by atoms with Gasteiger partial charge in [-0.2, -0.15) is 5.26 Å². The van der Waals surface area contributed by atoms with E-state index in [1.165, 1.54) is 30.8 Å². The number of rotatable bonds is 5. The highest BCUT2D eigenvalue weighted by atomic mass is 32.2. The number of hydrogen-bond donors (Lipinski definition) is 1. The van der Waals surface area contributed by atoms with Crippen LogP contribution in [-0.2, 0) is 4.79 Å². The molecule has 0 fully saturated rings. The summed E-state index contributed by atoms with van der Waals surface area (Å²) in [6, 6.07) is 4.21. The molecule has 0 heterocycles. The first-order valence-corrected chi connectivity index (χ1v) is 6.65. The fraction of sp³-hybridized carbons (Fsp3) is 0.231. The van der Waals surface area contributed by atoms with E-state index in [2.05, 4.69) is 0 Å². The van der Waals surface area contributed by atoms with Crippen LogP contribution in [-0.4, -0.2) is 20.9 Å². The lowest BCUT2D eigenvalue weighted by Crippen LogP contribution is -1.92. The van der Waals surface area contributed by atoms with Gasteiger partial charge in [-0.3, -0.25) is 14.9 Å². The van der Waals surface area contributed by atoms with Crippen molar-refractivity contribution in [3.05, 3.63) is 39.4 Å². The molecule has 0 atom stereocenters. The molecule has 0 spiro atoms. The smallest absolute Gasteiger partial charge is 0.312 e. The summed E-state index contributed by atoms with van der Waals surface area (Å²) in [4.78, 5) is 20.7. The van der Waals surface area contributed by atoms with Crippen LogP contribution in [0.15, 0.2) is 18.2 Å². The molecule has 1 aromatic carbocycles. The lowest BCUT2D eigenvalue weighted by molar-refractivity contribution is -0.385. The molecule has 7 heteroatoms. The molecular formula is C13H12N2O4S. The lowest BCUT2D eigenvalue weighted by atomic mass is 10.1. The normalized spacial score (nSPS) is 10.4. The lowest BCUT2D eigenvalue weighted by Gasteiger charge is -2.01. The van der Waals surface area contributed by atoms with E-state index in [0.717, 1.165) is 6.07 Å². The van der Waals surface area contributed by atoms with E-state index in [1.807, 2.05) is 6.07 Å². The number of thioether (sulfide) groups is 1. The Labute approximate surface area is 119 Å². The van der Waals surface area contributed by atoms with Crippen LogP contribution in [0.1, 0.15) is 24.5 Å². The molecule has 1 N–H and O–H groups in total. The number of carbonyl (C=O) groups is 1. The number of allylic oxidation sites excluding steroid dienone is 1. The van der Waals surface area contributed by atoms with Crippen molar-refractivity contribution in [2.75, 3.05) is 5.75 Å². The third kappa shape index (κ3) is 4.40. The number of phenols is 1. The van der Waals surface area contributed by atoms with Crippen molar-refractivity contribution in [2.45, 2.75) is 13.3 Å². The minimum absolute atomic E-state index is 0.0170. The molecule has 1 aromatic rings. The Hall–Kier alpha value is -2.33. The van der Waals surface area contributed by atoms with Gasteiger partial charge in [0.1, 0.15) is 0 Å². The van der Waals surface area contributed by atoms with Crippen molar-refractivity contribution >= 4 is 28.6 Å². The Morgan fingerprint density at radius 1 is 1.60 bits per heavy atom. The van der Waals surface area contributed by atoms with E-state index in [4.69, 9.17) is 5.26 Å². The summed E-state index contributed by atoms with van der Waals surface area (Å²) in [5.41, 5.74) is -0.183. The first kappa shape index (κ1) is 15.7. The Bertz CT molecular complexity index is 605. The maximum atomic E-state index is 10.8. The van der Waals surface area contributed by atoms with Gasteiger partial charge >= 0.3 is 5.69 Å². The number of nitro benzene ring substituents is 1. The zero-order valence-corrected chi connectivity index (χ0v) is 11.5. The minimum atomic E-state index is -0.737. The zero-order chi connectivity index (χ0) is 15.1. The fourth-order valence-electron chi connectivity index (χ4n) is 1.45. The molecule has 0 saturated carbocycles. The topological polar surface area (TPSA) is 104 Å². The largest absolute Gasteiger partial charge is 0.502 e. The minimum Gasteiger partial charge on any atom is -0.502 e. The molecule has 0 bridgehead atoms. The fourth-order valence-corrected chi connectivity index (χ4v) is 1.99. The van der Waals surface area contributed by atoms with Crippen molar-refractivity contribution < 1.29 is 14.8 Å². The highest BCUT2D eigenvalue weighted by Crippen LogP contribution is 2.32. The Kier molecular flexibility index (Phi) is 5.74. The van der Waals surface area contributed by atoms with Gasteiger partial charge in [-0.05, 0) is 12.5 Å². The number of carbonyl (C=O) groups excluding carboxylic acids is 1. The average Bonchev–Trinajstić information content (AvgIpc) is 2.39. The zero-order valence-electron chi connectivity index (χ0n) is 10.7. The molecule has 0 aliphatic carbocycles. The predicted octanol–water partition coefficient (Wildman–Crippen LogP) is 2.86.